The molecule has 59 heavy (non-hydrogen) atoms. The number of unbranched alkanes of at least 4 members (excludes halogenated alkanes) is 1. The second-order valence-corrected chi connectivity index (χ2v) is 20.8. The van der Waals surface area contributed by atoms with Crippen molar-refractivity contribution in [3.8, 4) is 12.3 Å². The fraction of sp³-hybridized carbons (Fsp3) is 0.826. The van der Waals surface area contributed by atoms with Gasteiger partial charge >= 0.3 is 0 Å². The van der Waals surface area contributed by atoms with Crippen LogP contribution in [0.1, 0.15) is 139 Å². The number of aldehydes is 1. The van der Waals surface area contributed by atoms with E-state index in [1.165, 1.54) is 24.7 Å². The van der Waals surface area contributed by atoms with Crippen molar-refractivity contribution in [2.24, 2.45) is 52.1 Å². The number of thioether (sulfide) groups is 1. The Bertz CT molecular complexity index is 1560. The molecular formula is C46H77N5O7S. The fourth-order valence-corrected chi connectivity index (χ4v) is 13.3. The Morgan fingerprint density at radius 2 is 1.73 bits per heavy atom. The van der Waals surface area contributed by atoms with E-state index in [1.54, 1.807) is 18.8 Å². The fourth-order valence-electron chi connectivity index (χ4n) is 12.0. The molecule has 0 aromatic carbocycles. The molecule has 0 radical (unpaired) electrons. The molecule has 0 bridgehead atoms. The van der Waals surface area contributed by atoms with E-state index in [9.17, 15) is 29.7 Å². The topological polar surface area (TPSA) is 194 Å². The molecule has 2 aliphatic heterocycles. The number of terminal acetylenes is 1. The van der Waals surface area contributed by atoms with Crippen molar-refractivity contribution in [3.05, 3.63) is 11.3 Å². The van der Waals surface area contributed by atoms with Gasteiger partial charge in [-0.1, -0.05) is 40.5 Å². The van der Waals surface area contributed by atoms with Crippen LogP contribution in [0.2, 0.25) is 0 Å². The van der Waals surface area contributed by atoms with Crippen molar-refractivity contribution >= 4 is 35.8 Å². The first-order chi connectivity index (χ1) is 27.7. The summed E-state index contributed by atoms with van der Waals surface area (Å²) in [6.45, 7) is 16.6. The zero-order valence-electron chi connectivity index (χ0n) is 37.4. The van der Waals surface area contributed by atoms with E-state index in [0.29, 0.717) is 60.8 Å². The molecule has 4 aliphatic carbocycles. The molecule has 0 spiro atoms. The second kappa shape index (κ2) is 20.6. The van der Waals surface area contributed by atoms with Crippen LogP contribution < -0.4 is 21.7 Å². The first kappa shape index (κ1) is 49.2. The van der Waals surface area contributed by atoms with E-state index in [0.717, 1.165) is 56.8 Å². The van der Waals surface area contributed by atoms with Crippen LogP contribution >= 0.6 is 11.8 Å². The first-order valence-corrected chi connectivity index (χ1v) is 23.4. The van der Waals surface area contributed by atoms with Gasteiger partial charge in [0.1, 0.15) is 23.4 Å². The van der Waals surface area contributed by atoms with Gasteiger partial charge in [-0.3, -0.25) is 24.6 Å². The van der Waals surface area contributed by atoms with Gasteiger partial charge in [0.05, 0.1) is 24.5 Å². The number of rotatable bonds is 12. The number of hydrogen-bond acceptors (Lipinski definition) is 10. The van der Waals surface area contributed by atoms with Gasteiger partial charge in [0.25, 0.3) is 11.8 Å². The molecule has 12 nitrogen and oxygen atoms in total. The predicted molar refractivity (Wildman–Crippen MR) is 234 cm³/mol. The highest BCUT2D eigenvalue weighted by Crippen LogP contribution is 2.68. The van der Waals surface area contributed by atoms with Gasteiger partial charge in [0, 0.05) is 24.1 Å². The minimum atomic E-state index is -0.801. The number of nitrogens with one attached hydrogen (secondary N) is 3. The van der Waals surface area contributed by atoms with Crippen LogP contribution in [0.5, 0.6) is 0 Å². The molecule has 14 atom stereocenters. The summed E-state index contributed by atoms with van der Waals surface area (Å²) in [5.74, 6) is 3.75. The molecule has 334 valence electrons. The number of carbonyl (C=O) groups excluding carboxylic acids is 4. The van der Waals surface area contributed by atoms with Crippen LogP contribution in [0, 0.1) is 58.7 Å². The van der Waals surface area contributed by atoms with Crippen LogP contribution in [0.15, 0.2) is 11.3 Å². The van der Waals surface area contributed by atoms with E-state index < -0.39 is 30.5 Å². The van der Waals surface area contributed by atoms with Gasteiger partial charge in [-0.25, -0.2) is 0 Å². The predicted octanol–water partition coefficient (Wildman–Crippen LogP) is 4.84. The molecule has 0 aromatic heterocycles. The van der Waals surface area contributed by atoms with Crippen molar-refractivity contribution in [1.82, 2.24) is 20.9 Å². The van der Waals surface area contributed by atoms with Gasteiger partial charge < -0.3 is 36.5 Å². The number of fused-ring (bicyclic) bond motifs is 6. The Hall–Kier alpha value is -2.47. The molecule has 8 N–H and O–H groups in total. The summed E-state index contributed by atoms with van der Waals surface area (Å²) in [5, 5.41) is 41.8. The normalized spacial score (nSPS) is 36.9. The molecule has 14 unspecified atom stereocenters. The van der Waals surface area contributed by atoms with Crippen molar-refractivity contribution in [2.75, 3.05) is 12.8 Å². The van der Waals surface area contributed by atoms with Crippen LogP contribution in [0.4, 0.5) is 0 Å². The molecular weight excluding hydrogens is 767 g/mol. The van der Waals surface area contributed by atoms with Gasteiger partial charge in [0.15, 0.2) is 0 Å². The van der Waals surface area contributed by atoms with E-state index in [2.05, 4.69) is 63.4 Å². The molecule has 13 heteroatoms. The molecule has 6 aliphatic rings. The van der Waals surface area contributed by atoms with E-state index in [4.69, 9.17) is 17.0 Å². The van der Waals surface area contributed by atoms with Crippen molar-refractivity contribution in [1.29, 1.82) is 0 Å². The lowest BCUT2D eigenvalue weighted by atomic mass is 9.43. The van der Waals surface area contributed by atoms with E-state index in [-0.39, 0.29) is 51.3 Å². The summed E-state index contributed by atoms with van der Waals surface area (Å²) in [6.07, 6.45) is 15.2. The third-order valence-corrected chi connectivity index (χ3v) is 16.6. The molecule has 0 aromatic rings. The van der Waals surface area contributed by atoms with E-state index >= 15 is 0 Å². The zero-order chi connectivity index (χ0) is 44.0. The molecule has 5 fully saturated rings. The Balaban J connectivity index is 0.000000619. The third-order valence-electron chi connectivity index (χ3n) is 15.2. The number of aliphatic hydroxyl groups excluding tert-OH is 3. The number of amides is 3. The smallest absolute Gasteiger partial charge is 0.269 e. The summed E-state index contributed by atoms with van der Waals surface area (Å²) in [6, 6.07) is -0.659. The highest BCUT2D eigenvalue weighted by atomic mass is 32.2. The quantitative estimate of drug-likeness (QED) is 0.0619. The Morgan fingerprint density at radius 3 is 2.32 bits per heavy atom. The lowest BCUT2D eigenvalue weighted by Gasteiger charge is -2.63. The van der Waals surface area contributed by atoms with Gasteiger partial charge in [-0.2, -0.15) is 0 Å². The lowest BCUT2D eigenvalue weighted by Crippen LogP contribution is -2.71. The minimum absolute atomic E-state index is 0.0337. The maximum atomic E-state index is 13.3. The Labute approximate surface area is 358 Å². The second-order valence-electron chi connectivity index (χ2n) is 19.7. The van der Waals surface area contributed by atoms with Crippen molar-refractivity contribution < 1.29 is 34.5 Å². The standard InChI is InChI=1S/C37H56N4O6S.C7H17N.C2H4O/c1-7-8-26(38-6)39-33(46)30-20(3)18-48-35-29(34(47)41(30)35)40-27(43)12-9-19(2)22-10-11-23-28-24(14-16-36(22,23)4)37(5)15-13-21(42)17-25(37)31(44)32(28)45;1-4-5-6-7(2,3)8;1-2-3/h1,19,21-26,28-29,31-32,35,38,42,44-45H,8-18H2,2-6H3,(H,39,46)(H,40,43);4-6,8H2,1-3H3;2H,1H3. The first-order valence-electron chi connectivity index (χ1n) is 22.3. The lowest BCUT2D eigenvalue weighted by molar-refractivity contribution is -0.223. The maximum absolute atomic E-state index is 13.3. The number of β-lactam (4-membered cyclic amide) rings is 1. The zero-order valence-corrected chi connectivity index (χ0v) is 38.2. The molecule has 4 saturated carbocycles. The molecule has 6 rings (SSSR count). The largest absolute Gasteiger partial charge is 0.393 e. The summed E-state index contributed by atoms with van der Waals surface area (Å²) in [4.78, 5) is 50.0. The molecule has 2 heterocycles. The van der Waals surface area contributed by atoms with Crippen LogP contribution in [-0.4, -0.2) is 98.5 Å². The molecule has 3 amide bonds. The van der Waals surface area contributed by atoms with Gasteiger partial charge in [0.2, 0.25) is 5.91 Å². The Kier molecular flexibility index (Phi) is 17.2. The number of carbonyl (C=O) groups is 4. The third kappa shape index (κ3) is 10.6. The maximum Gasteiger partial charge on any atom is 0.269 e. The van der Waals surface area contributed by atoms with Crippen LogP contribution in [0.25, 0.3) is 0 Å². The Morgan fingerprint density at radius 1 is 1.08 bits per heavy atom. The monoisotopic (exact) mass is 844 g/mol. The van der Waals surface area contributed by atoms with E-state index in [1.807, 2.05) is 6.92 Å². The number of aliphatic hydroxyl groups is 3. The summed E-state index contributed by atoms with van der Waals surface area (Å²) < 4.78 is 0. The van der Waals surface area contributed by atoms with Crippen molar-refractivity contribution in [3.63, 3.8) is 0 Å². The van der Waals surface area contributed by atoms with Crippen molar-refractivity contribution in [2.45, 2.75) is 180 Å². The minimum Gasteiger partial charge on any atom is -0.393 e. The van der Waals surface area contributed by atoms with Crippen LogP contribution in [0.3, 0.4) is 0 Å². The average molecular weight is 844 g/mol. The SMILES string of the molecule is C#CCC(NC)NC(=O)C1=C(C)CSC2C(NC(=O)CCC(C)C3CCC4C5C(O)C(O)C6CC(O)CCC6(C)C5CCC34C)C(=O)N12.CC=O.CCCCC(C)(C)N. The average Bonchev–Trinajstić information content (AvgIpc) is 3.54. The highest BCUT2D eigenvalue weighted by molar-refractivity contribution is 8.00. The van der Waals surface area contributed by atoms with Gasteiger partial charge in [-0.15, -0.1) is 24.1 Å². The number of hydrogen-bond donors (Lipinski definition) is 7. The summed E-state index contributed by atoms with van der Waals surface area (Å²) >= 11 is 1.56. The summed E-state index contributed by atoms with van der Waals surface area (Å²) in [7, 11) is 1.71. The number of nitrogens with two attached hydrogens (primary N) is 1. The van der Waals surface area contributed by atoms with Crippen LogP contribution in [-0.2, 0) is 19.2 Å². The number of nitrogens with zero attached hydrogens (tertiary/aromatic N) is 1. The highest BCUT2D eigenvalue weighted by Gasteiger charge is 2.65. The van der Waals surface area contributed by atoms with Gasteiger partial charge in [-0.05, 0) is 144 Å². The summed E-state index contributed by atoms with van der Waals surface area (Å²) in [5.41, 5.74) is 6.91. The molecule has 1 saturated heterocycles.